The minimum Gasteiger partial charge on any atom is -0.390 e. The predicted octanol–water partition coefficient (Wildman–Crippen LogP) is 2.49. The maximum atomic E-state index is 9.72. The van der Waals surface area contributed by atoms with E-state index in [-0.39, 0.29) is 22.4 Å². The van der Waals surface area contributed by atoms with Crippen LogP contribution in [0.1, 0.15) is 39.5 Å². The Kier molecular flexibility index (Phi) is 6.42. The van der Waals surface area contributed by atoms with Crippen LogP contribution < -0.4 is 0 Å². The summed E-state index contributed by atoms with van der Waals surface area (Å²) in [6.45, 7) is 4.93. The Morgan fingerprint density at radius 2 is 2.27 bits per heavy atom. The van der Waals surface area contributed by atoms with Crippen LogP contribution in [0.15, 0.2) is 0 Å². The zero-order chi connectivity index (χ0) is 11.3. The van der Waals surface area contributed by atoms with Gasteiger partial charge in [0.15, 0.2) is 0 Å². The van der Waals surface area contributed by atoms with Crippen molar-refractivity contribution in [2.75, 3.05) is 6.61 Å². The highest BCUT2D eigenvalue weighted by Crippen LogP contribution is 2.27. The number of hydrogen-bond acceptors (Lipinski definition) is 3. The van der Waals surface area contributed by atoms with Gasteiger partial charge in [0.1, 0.15) is 10.2 Å². The van der Waals surface area contributed by atoms with Crippen molar-refractivity contribution >= 4 is 22.6 Å². The lowest BCUT2D eigenvalue weighted by Gasteiger charge is -2.22. The van der Waals surface area contributed by atoms with E-state index in [2.05, 4.69) is 29.5 Å². The zero-order valence-electron chi connectivity index (χ0n) is 9.49. The quantitative estimate of drug-likeness (QED) is 0.463. The van der Waals surface area contributed by atoms with Gasteiger partial charge in [-0.15, -0.1) is 0 Å². The first kappa shape index (κ1) is 13.7. The predicted molar refractivity (Wildman–Crippen MR) is 68.2 cm³/mol. The molecule has 90 valence electrons. The normalized spacial score (nSPS) is 33.2. The first-order chi connectivity index (χ1) is 7.15. The van der Waals surface area contributed by atoms with E-state index in [0.717, 1.165) is 13.0 Å². The van der Waals surface area contributed by atoms with E-state index in [4.69, 9.17) is 9.47 Å². The second kappa shape index (κ2) is 7.04. The van der Waals surface area contributed by atoms with Gasteiger partial charge >= 0.3 is 0 Å². The molecule has 0 bridgehead atoms. The van der Waals surface area contributed by atoms with Crippen LogP contribution in [0.4, 0.5) is 0 Å². The van der Waals surface area contributed by atoms with Crippen LogP contribution in [0.3, 0.4) is 0 Å². The Hall–Kier alpha value is 0.610. The summed E-state index contributed by atoms with van der Waals surface area (Å²) in [6.07, 6.45) is 3.70. The van der Waals surface area contributed by atoms with Gasteiger partial charge in [-0.1, -0.05) is 42.4 Å². The summed E-state index contributed by atoms with van der Waals surface area (Å²) in [4.78, 5) is 0. The molecule has 4 atom stereocenters. The van der Waals surface area contributed by atoms with Crippen LogP contribution in [0.25, 0.3) is 0 Å². The van der Waals surface area contributed by atoms with Gasteiger partial charge in [-0.2, -0.15) is 0 Å². The molecule has 1 N–H and O–H groups in total. The average molecular weight is 328 g/mol. The largest absolute Gasteiger partial charge is 0.390 e. The number of aliphatic hydroxyl groups is 1. The Morgan fingerprint density at radius 1 is 1.53 bits per heavy atom. The van der Waals surface area contributed by atoms with Gasteiger partial charge in [0.25, 0.3) is 0 Å². The molecule has 1 fully saturated rings. The molecule has 1 rings (SSSR count). The van der Waals surface area contributed by atoms with Crippen molar-refractivity contribution in [2.24, 2.45) is 0 Å². The van der Waals surface area contributed by atoms with Gasteiger partial charge in [0, 0.05) is 13.0 Å². The molecule has 0 saturated carbocycles. The van der Waals surface area contributed by atoms with E-state index in [9.17, 15) is 5.11 Å². The van der Waals surface area contributed by atoms with Crippen LogP contribution in [0, 0.1) is 0 Å². The van der Waals surface area contributed by atoms with Crippen molar-refractivity contribution in [1.82, 2.24) is 0 Å². The summed E-state index contributed by atoms with van der Waals surface area (Å²) in [7, 11) is 0. The Morgan fingerprint density at radius 3 is 2.80 bits per heavy atom. The fourth-order valence-corrected chi connectivity index (χ4v) is 2.64. The molecule has 0 aromatic rings. The highest BCUT2D eigenvalue weighted by atomic mass is 127. The van der Waals surface area contributed by atoms with Crippen molar-refractivity contribution < 1.29 is 14.6 Å². The Bertz CT molecular complexity index is 177. The van der Waals surface area contributed by atoms with Gasteiger partial charge in [0.2, 0.25) is 0 Å². The summed E-state index contributed by atoms with van der Waals surface area (Å²) in [5.41, 5.74) is 0. The lowest BCUT2D eigenvalue weighted by atomic mass is 10.1. The summed E-state index contributed by atoms with van der Waals surface area (Å²) >= 11 is 2.21. The molecule has 1 unspecified atom stereocenters. The van der Waals surface area contributed by atoms with Gasteiger partial charge in [0.05, 0.1) is 12.2 Å². The molecule has 0 amide bonds. The first-order valence-corrected chi connectivity index (χ1v) is 6.99. The summed E-state index contributed by atoms with van der Waals surface area (Å²) < 4.78 is 11.4. The fourth-order valence-electron chi connectivity index (χ4n) is 1.78. The number of alkyl halides is 1. The van der Waals surface area contributed by atoms with Crippen molar-refractivity contribution in [3.05, 3.63) is 0 Å². The second-order valence-electron chi connectivity index (χ2n) is 4.10. The zero-order valence-corrected chi connectivity index (χ0v) is 11.6. The Labute approximate surface area is 106 Å². The molecule has 0 radical (unpaired) electrons. The number of ether oxygens (including phenoxy) is 2. The van der Waals surface area contributed by atoms with E-state index in [0.29, 0.717) is 6.42 Å². The molecule has 0 aromatic heterocycles. The van der Waals surface area contributed by atoms with Crippen molar-refractivity contribution in [2.45, 2.75) is 62.0 Å². The average Bonchev–Trinajstić information content (AvgIpc) is 2.52. The molecule has 1 aliphatic heterocycles. The maximum Gasteiger partial charge on any atom is 0.112 e. The van der Waals surface area contributed by atoms with E-state index in [1.165, 1.54) is 12.8 Å². The lowest BCUT2D eigenvalue weighted by Crippen LogP contribution is -2.34. The third kappa shape index (κ3) is 4.54. The van der Waals surface area contributed by atoms with Crippen LogP contribution in [0.5, 0.6) is 0 Å². The van der Waals surface area contributed by atoms with Crippen molar-refractivity contribution in [1.29, 1.82) is 0 Å². The highest BCUT2D eigenvalue weighted by Gasteiger charge is 2.36. The molecule has 15 heavy (non-hydrogen) atoms. The van der Waals surface area contributed by atoms with Gasteiger partial charge in [-0.05, 0) is 13.3 Å². The van der Waals surface area contributed by atoms with Crippen LogP contribution in [-0.2, 0) is 9.47 Å². The van der Waals surface area contributed by atoms with Crippen molar-refractivity contribution in [3.8, 4) is 0 Å². The van der Waals surface area contributed by atoms with E-state index < -0.39 is 0 Å². The van der Waals surface area contributed by atoms with Crippen molar-refractivity contribution in [3.63, 3.8) is 0 Å². The molecular weight excluding hydrogens is 307 g/mol. The van der Waals surface area contributed by atoms with Gasteiger partial charge in [-0.3, -0.25) is 0 Å². The maximum absolute atomic E-state index is 9.72. The monoisotopic (exact) mass is 328 g/mol. The smallest absolute Gasteiger partial charge is 0.112 e. The van der Waals surface area contributed by atoms with Crippen LogP contribution >= 0.6 is 22.6 Å². The molecule has 1 saturated heterocycles. The number of rotatable bonds is 6. The van der Waals surface area contributed by atoms with E-state index >= 15 is 0 Å². The minimum atomic E-state index is -0.368. The molecule has 0 aliphatic carbocycles. The van der Waals surface area contributed by atoms with E-state index in [1.54, 1.807) is 0 Å². The molecule has 0 aromatic carbocycles. The highest BCUT2D eigenvalue weighted by molar-refractivity contribution is 14.1. The summed E-state index contributed by atoms with van der Waals surface area (Å²) in [5.74, 6) is 0. The number of halogens is 1. The minimum absolute atomic E-state index is 0.00313. The molecule has 1 aliphatic rings. The standard InChI is InChI=1S/C11H21IO3/c1-3-4-5-6-14-8(2)11-9(13)7-10(12)15-11/h8-11,13H,3-7H2,1-2H3/t8-,9+,10-,11?/m1/s1. The molecular formula is C11H21IO3. The summed E-state index contributed by atoms with van der Waals surface area (Å²) in [6, 6.07) is 0. The third-order valence-corrected chi connectivity index (χ3v) is 3.50. The van der Waals surface area contributed by atoms with E-state index in [1.807, 2.05) is 6.92 Å². The number of aliphatic hydroxyl groups excluding tert-OH is 1. The van der Waals surface area contributed by atoms with Crippen LogP contribution in [-0.4, -0.2) is 34.1 Å². The Balaban J connectivity index is 2.18. The van der Waals surface area contributed by atoms with Gasteiger partial charge < -0.3 is 14.6 Å². The molecule has 0 spiro atoms. The van der Waals surface area contributed by atoms with Gasteiger partial charge in [-0.25, -0.2) is 0 Å². The number of unbranched alkanes of at least 4 members (excludes halogenated alkanes) is 2. The molecule has 1 heterocycles. The summed E-state index contributed by atoms with van der Waals surface area (Å²) in [5, 5.41) is 9.72. The lowest BCUT2D eigenvalue weighted by molar-refractivity contribution is -0.0741. The second-order valence-corrected chi connectivity index (χ2v) is 5.49. The topological polar surface area (TPSA) is 38.7 Å². The van der Waals surface area contributed by atoms with Crippen LogP contribution in [0.2, 0.25) is 0 Å². The third-order valence-electron chi connectivity index (χ3n) is 2.70. The first-order valence-electron chi connectivity index (χ1n) is 5.74. The SMILES string of the molecule is CCCCCO[C@H](C)C1O[C@@H](I)C[C@@H]1O. The molecule has 3 nitrogen and oxygen atoms in total. The molecule has 4 heteroatoms. The fraction of sp³-hybridized carbons (Fsp3) is 1.00. The number of hydrogen-bond donors (Lipinski definition) is 1.